The number of rotatable bonds is 2. The largest absolute Gasteiger partial charge is 0.399 e. The van der Waals surface area contributed by atoms with Gasteiger partial charge in [0.05, 0.1) is 4.88 Å². The maximum absolute atomic E-state index is 12.3. The zero-order valence-corrected chi connectivity index (χ0v) is 12.1. The number of aryl methyl sites for hydroxylation is 1. The Bertz CT molecular complexity index is 574. The van der Waals surface area contributed by atoms with Crippen LogP contribution in [-0.4, -0.2) is 5.78 Å². The van der Waals surface area contributed by atoms with E-state index in [2.05, 4.69) is 15.9 Å². The molecule has 0 atom stereocenters. The molecule has 1 aromatic carbocycles. The fraction of sp³-hybridized carbons (Fsp3) is 0.0833. The van der Waals surface area contributed by atoms with Crippen molar-refractivity contribution >= 4 is 50.3 Å². The number of carbonyl (C=O) groups is 1. The Morgan fingerprint density at radius 2 is 2.06 bits per heavy atom. The Kier molecular flexibility index (Phi) is 3.56. The van der Waals surface area contributed by atoms with E-state index in [1.54, 1.807) is 18.2 Å². The summed E-state index contributed by atoms with van der Waals surface area (Å²) in [6.45, 7) is 1.96. The van der Waals surface area contributed by atoms with Crippen molar-refractivity contribution in [2.45, 2.75) is 6.92 Å². The smallest absolute Gasteiger partial charge is 0.204 e. The standard InChI is InChI=1S/C12H9BrClNOS/c1-6-2-10(13)12(17-6)11(16)7-3-8(14)5-9(15)4-7/h2-5H,15H2,1H3. The van der Waals surface area contributed by atoms with E-state index in [9.17, 15) is 4.79 Å². The highest BCUT2D eigenvalue weighted by Crippen LogP contribution is 2.30. The van der Waals surface area contributed by atoms with Crippen molar-refractivity contribution in [1.82, 2.24) is 0 Å². The topological polar surface area (TPSA) is 43.1 Å². The number of nitrogen functional groups attached to an aromatic ring is 1. The van der Waals surface area contributed by atoms with Crippen molar-refractivity contribution in [2.24, 2.45) is 0 Å². The third kappa shape index (κ3) is 2.70. The molecule has 0 bridgehead atoms. The molecule has 1 heterocycles. The molecule has 0 saturated heterocycles. The second kappa shape index (κ2) is 4.80. The third-order valence-electron chi connectivity index (χ3n) is 2.20. The van der Waals surface area contributed by atoms with Crippen LogP contribution in [0.3, 0.4) is 0 Å². The van der Waals surface area contributed by atoms with Crippen LogP contribution in [0.2, 0.25) is 5.02 Å². The van der Waals surface area contributed by atoms with Crippen molar-refractivity contribution in [3.8, 4) is 0 Å². The van der Waals surface area contributed by atoms with Crippen molar-refractivity contribution in [3.63, 3.8) is 0 Å². The van der Waals surface area contributed by atoms with Gasteiger partial charge in [-0.15, -0.1) is 11.3 Å². The van der Waals surface area contributed by atoms with Crippen molar-refractivity contribution < 1.29 is 4.79 Å². The highest BCUT2D eigenvalue weighted by molar-refractivity contribution is 9.10. The SMILES string of the molecule is Cc1cc(Br)c(C(=O)c2cc(N)cc(Cl)c2)s1. The van der Waals surface area contributed by atoms with Crippen LogP contribution in [0, 0.1) is 6.92 Å². The molecular formula is C12H9BrClNOS. The summed E-state index contributed by atoms with van der Waals surface area (Å²) in [5.74, 6) is -0.0656. The van der Waals surface area contributed by atoms with E-state index >= 15 is 0 Å². The van der Waals surface area contributed by atoms with Crippen molar-refractivity contribution in [2.75, 3.05) is 5.73 Å². The average Bonchev–Trinajstić information content (AvgIpc) is 2.55. The van der Waals surface area contributed by atoms with E-state index in [0.29, 0.717) is 21.2 Å². The zero-order chi connectivity index (χ0) is 12.6. The molecule has 17 heavy (non-hydrogen) atoms. The molecule has 1 aromatic heterocycles. The average molecular weight is 331 g/mol. The normalized spacial score (nSPS) is 10.5. The Morgan fingerprint density at radius 1 is 1.35 bits per heavy atom. The van der Waals surface area contributed by atoms with Crippen LogP contribution in [0.1, 0.15) is 20.1 Å². The molecule has 88 valence electrons. The molecular weight excluding hydrogens is 322 g/mol. The van der Waals surface area contributed by atoms with Gasteiger partial charge < -0.3 is 5.73 Å². The Morgan fingerprint density at radius 3 is 2.59 bits per heavy atom. The predicted molar refractivity (Wildman–Crippen MR) is 76.1 cm³/mol. The first kappa shape index (κ1) is 12.6. The van der Waals surface area contributed by atoms with Crippen LogP contribution in [-0.2, 0) is 0 Å². The lowest BCUT2D eigenvalue weighted by Gasteiger charge is -2.02. The number of benzene rings is 1. The molecule has 0 fully saturated rings. The fourth-order valence-corrected chi connectivity index (χ4v) is 3.54. The lowest BCUT2D eigenvalue weighted by Crippen LogP contribution is -2.00. The molecule has 0 saturated carbocycles. The first-order valence-corrected chi connectivity index (χ1v) is 6.83. The van der Waals surface area contributed by atoms with Gasteiger partial charge in [0.1, 0.15) is 0 Å². The van der Waals surface area contributed by atoms with Gasteiger partial charge in [0.25, 0.3) is 0 Å². The fourth-order valence-electron chi connectivity index (χ4n) is 1.51. The molecule has 2 nitrogen and oxygen atoms in total. The predicted octanol–water partition coefficient (Wildman–Crippen LogP) is 4.29. The summed E-state index contributed by atoms with van der Waals surface area (Å²) < 4.78 is 0.809. The van der Waals surface area contributed by atoms with Gasteiger partial charge in [0.2, 0.25) is 5.78 Å². The summed E-state index contributed by atoms with van der Waals surface area (Å²) in [4.78, 5) is 14.0. The molecule has 2 N–H and O–H groups in total. The van der Waals surface area contributed by atoms with E-state index in [0.717, 1.165) is 9.35 Å². The van der Waals surface area contributed by atoms with Crippen LogP contribution in [0.5, 0.6) is 0 Å². The zero-order valence-electron chi connectivity index (χ0n) is 8.96. The van der Waals surface area contributed by atoms with Crippen LogP contribution >= 0.6 is 38.9 Å². The molecule has 0 radical (unpaired) electrons. The Hall–Kier alpha value is -0.840. The number of thiophene rings is 1. The summed E-state index contributed by atoms with van der Waals surface area (Å²) in [5.41, 5.74) is 6.68. The molecule has 2 aromatic rings. The van der Waals surface area contributed by atoms with Gasteiger partial charge in [0.15, 0.2) is 0 Å². The second-order valence-corrected chi connectivity index (χ2v) is 6.18. The minimum absolute atomic E-state index is 0.0656. The lowest BCUT2D eigenvalue weighted by molar-refractivity contribution is 0.104. The van der Waals surface area contributed by atoms with Gasteiger partial charge >= 0.3 is 0 Å². The van der Waals surface area contributed by atoms with Crippen LogP contribution in [0.25, 0.3) is 0 Å². The number of hydrogen-bond donors (Lipinski definition) is 1. The summed E-state index contributed by atoms with van der Waals surface area (Å²) in [5, 5.41) is 0.470. The van der Waals surface area contributed by atoms with Gasteiger partial charge in [-0.2, -0.15) is 0 Å². The maximum atomic E-state index is 12.3. The summed E-state index contributed by atoms with van der Waals surface area (Å²) >= 11 is 10.7. The first-order chi connectivity index (χ1) is 7.97. The molecule has 0 unspecified atom stereocenters. The van der Waals surface area contributed by atoms with Gasteiger partial charge in [0, 0.05) is 25.6 Å². The number of carbonyl (C=O) groups excluding carboxylic acids is 1. The van der Waals surface area contributed by atoms with Crippen LogP contribution in [0.4, 0.5) is 5.69 Å². The first-order valence-electron chi connectivity index (χ1n) is 4.84. The molecule has 2 rings (SSSR count). The van der Waals surface area contributed by atoms with Gasteiger partial charge in [-0.1, -0.05) is 11.6 Å². The van der Waals surface area contributed by atoms with Crippen molar-refractivity contribution in [1.29, 1.82) is 0 Å². The highest BCUT2D eigenvalue weighted by atomic mass is 79.9. The van der Waals surface area contributed by atoms with E-state index in [1.165, 1.54) is 11.3 Å². The van der Waals surface area contributed by atoms with Gasteiger partial charge in [-0.3, -0.25) is 4.79 Å². The van der Waals surface area contributed by atoms with E-state index in [-0.39, 0.29) is 5.78 Å². The second-order valence-electron chi connectivity index (χ2n) is 3.64. The Labute approximate surface area is 117 Å². The number of halogens is 2. The van der Waals surface area contributed by atoms with E-state index in [4.69, 9.17) is 17.3 Å². The Balaban J connectivity index is 2.47. The molecule has 0 aliphatic carbocycles. The molecule has 5 heteroatoms. The van der Waals surface area contributed by atoms with Crippen molar-refractivity contribution in [3.05, 3.63) is 49.1 Å². The number of hydrogen-bond acceptors (Lipinski definition) is 3. The minimum atomic E-state index is -0.0656. The van der Waals surface area contributed by atoms with Crippen LogP contribution < -0.4 is 5.73 Å². The van der Waals surface area contributed by atoms with Gasteiger partial charge in [-0.05, 0) is 47.1 Å². The maximum Gasteiger partial charge on any atom is 0.204 e. The third-order valence-corrected chi connectivity index (χ3v) is 4.35. The van der Waals surface area contributed by atoms with E-state index in [1.807, 2.05) is 13.0 Å². The number of anilines is 1. The quantitative estimate of drug-likeness (QED) is 0.659. The highest BCUT2D eigenvalue weighted by Gasteiger charge is 2.16. The summed E-state index contributed by atoms with van der Waals surface area (Å²) in [7, 11) is 0. The number of nitrogens with two attached hydrogens (primary N) is 1. The molecule has 0 aliphatic rings. The minimum Gasteiger partial charge on any atom is -0.399 e. The number of ketones is 1. The van der Waals surface area contributed by atoms with E-state index < -0.39 is 0 Å². The molecule has 0 amide bonds. The molecule has 0 spiro atoms. The monoisotopic (exact) mass is 329 g/mol. The molecule has 0 aliphatic heterocycles. The lowest BCUT2D eigenvalue weighted by atomic mass is 10.1. The summed E-state index contributed by atoms with van der Waals surface area (Å²) in [6.07, 6.45) is 0. The summed E-state index contributed by atoms with van der Waals surface area (Å²) in [6, 6.07) is 6.80. The van der Waals surface area contributed by atoms with Gasteiger partial charge in [-0.25, -0.2) is 0 Å². The van der Waals surface area contributed by atoms with Crippen LogP contribution in [0.15, 0.2) is 28.7 Å².